The highest BCUT2D eigenvalue weighted by atomic mass is 19.1. The maximum Gasteiger partial charge on any atom is 0.274 e. The molecule has 0 radical (unpaired) electrons. The van der Waals surface area contributed by atoms with Crippen LogP contribution in [-0.4, -0.2) is 44.4 Å². The number of ether oxygens (including phenoxy) is 2. The van der Waals surface area contributed by atoms with E-state index in [4.69, 9.17) is 9.47 Å². The van der Waals surface area contributed by atoms with Crippen molar-refractivity contribution in [3.8, 4) is 0 Å². The fourth-order valence-electron chi connectivity index (χ4n) is 1.86. The second kappa shape index (κ2) is 9.25. The molecule has 0 fully saturated rings. The fraction of sp³-hybridized carbons (Fsp3) is 0.571. The Morgan fingerprint density at radius 3 is 2.19 bits per heavy atom. The predicted octanol–water partition coefficient (Wildman–Crippen LogP) is 2.61. The molecule has 0 N–H and O–H groups in total. The molecule has 0 spiro atoms. The zero-order valence-electron chi connectivity index (χ0n) is 12.4. The number of anilines is 1. The highest BCUT2D eigenvalue weighted by molar-refractivity contribution is 5.53. The van der Waals surface area contributed by atoms with E-state index in [-0.39, 0.29) is 5.69 Å². The lowest BCUT2D eigenvalue weighted by Gasteiger charge is -2.24. The van der Waals surface area contributed by atoms with Gasteiger partial charge in [0.1, 0.15) is 5.82 Å². The lowest BCUT2D eigenvalue weighted by atomic mass is 10.2. The molecule has 0 unspecified atom stereocenters. The summed E-state index contributed by atoms with van der Waals surface area (Å²) in [5.41, 5.74) is 0.198. The molecule has 0 aliphatic rings. The summed E-state index contributed by atoms with van der Waals surface area (Å²) < 4.78 is 24.1. The van der Waals surface area contributed by atoms with Gasteiger partial charge in [0.15, 0.2) is 0 Å². The van der Waals surface area contributed by atoms with E-state index >= 15 is 0 Å². The normalized spacial score (nSPS) is 10.6. The number of hydrogen-bond donors (Lipinski definition) is 0. The van der Waals surface area contributed by atoms with E-state index in [2.05, 4.69) is 0 Å². The molecule has 0 aromatic heterocycles. The summed E-state index contributed by atoms with van der Waals surface area (Å²) in [5.74, 6) is -0.628. The first-order valence-corrected chi connectivity index (χ1v) is 6.93. The first-order chi connectivity index (χ1) is 10.1. The Balaban J connectivity index is 2.86. The van der Waals surface area contributed by atoms with Crippen molar-refractivity contribution in [2.24, 2.45) is 0 Å². The second-order valence-corrected chi connectivity index (χ2v) is 4.31. The van der Waals surface area contributed by atoms with Crippen molar-refractivity contribution < 1.29 is 18.8 Å². The molecule has 0 aliphatic carbocycles. The monoisotopic (exact) mass is 300 g/mol. The number of nitro benzene ring substituents is 1. The van der Waals surface area contributed by atoms with Gasteiger partial charge in [-0.15, -0.1) is 0 Å². The average molecular weight is 300 g/mol. The SMILES string of the molecule is CCOCCN(CCOCC)c1cc(F)cc([N+](=O)[O-])c1. The third-order valence-electron chi connectivity index (χ3n) is 2.86. The Hall–Kier alpha value is -1.73. The number of halogens is 1. The van der Waals surface area contributed by atoms with Gasteiger partial charge in [-0.3, -0.25) is 10.1 Å². The van der Waals surface area contributed by atoms with Gasteiger partial charge in [-0.1, -0.05) is 0 Å². The summed E-state index contributed by atoms with van der Waals surface area (Å²) in [6.07, 6.45) is 0. The van der Waals surface area contributed by atoms with Gasteiger partial charge < -0.3 is 14.4 Å². The molecular weight excluding hydrogens is 279 g/mol. The van der Waals surface area contributed by atoms with E-state index < -0.39 is 10.7 Å². The van der Waals surface area contributed by atoms with Crippen LogP contribution in [0.25, 0.3) is 0 Å². The maximum absolute atomic E-state index is 13.5. The number of non-ortho nitro benzene ring substituents is 1. The van der Waals surface area contributed by atoms with Gasteiger partial charge in [0.05, 0.1) is 24.2 Å². The predicted molar refractivity (Wildman–Crippen MR) is 78.3 cm³/mol. The minimum absolute atomic E-state index is 0.261. The summed E-state index contributed by atoms with van der Waals surface area (Å²) in [4.78, 5) is 12.0. The van der Waals surface area contributed by atoms with Gasteiger partial charge in [-0.2, -0.15) is 0 Å². The number of benzene rings is 1. The molecule has 1 aromatic carbocycles. The minimum atomic E-state index is -0.628. The minimum Gasteiger partial charge on any atom is -0.380 e. The van der Waals surface area contributed by atoms with Crippen LogP contribution in [0.1, 0.15) is 13.8 Å². The molecule has 0 saturated carbocycles. The Bertz CT molecular complexity index is 447. The topological polar surface area (TPSA) is 64.8 Å². The molecule has 0 atom stereocenters. The Morgan fingerprint density at radius 2 is 1.71 bits per heavy atom. The van der Waals surface area contributed by atoms with Crippen LogP contribution >= 0.6 is 0 Å². The van der Waals surface area contributed by atoms with E-state index in [9.17, 15) is 14.5 Å². The van der Waals surface area contributed by atoms with Crippen molar-refractivity contribution in [1.82, 2.24) is 0 Å². The van der Waals surface area contributed by atoms with Crippen LogP contribution in [0.2, 0.25) is 0 Å². The maximum atomic E-state index is 13.5. The lowest BCUT2D eigenvalue weighted by molar-refractivity contribution is -0.385. The Kier molecular flexibility index (Phi) is 7.63. The Labute approximate surface area is 123 Å². The van der Waals surface area contributed by atoms with Gasteiger partial charge >= 0.3 is 0 Å². The van der Waals surface area contributed by atoms with Crippen molar-refractivity contribution in [2.45, 2.75) is 13.8 Å². The van der Waals surface area contributed by atoms with Crippen LogP contribution < -0.4 is 4.90 Å². The van der Waals surface area contributed by atoms with Crippen LogP contribution in [0.5, 0.6) is 0 Å². The molecule has 1 rings (SSSR count). The fourth-order valence-corrected chi connectivity index (χ4v) is 1.86. The molecule has 0 saturated heterocycles. The molecular formula is C14H21FN2O4. The molecule has 0 aliphatic heterocycles. The molecule has 21 heavy (non-hydrogen) atoms. The van der Waals surface area contributed by atoms with E-state index in [0.29, 0.717) is 45.2 Å². The summed E-state index contributed by atoms with van der Waals surface area (Å²) in [7, 11) is 0. The number of rotatable bonds is 10. The van der Waals surface area contributed by atoms with Crippen molar-refractivity contribution in [2.75, 3.05) is 44.4 Å². The average Bonchev–Trinajstić information content (AvgIpc) is 2.45. The van der Waals surface area contributed by atoms with E-state index in [0.717, 1.165) is 6.07 Å². The van der Waals surface area contributed by atoms with Crippen molar-refractivity contribution in [3.05, 3.63) is 34.1 Å². The zero-order valence-corrected chi connectivity index (χ0v) is 12.4. The van der Waals surface area contributed by atoms with Crippen LogP contribution in [-0.2, 0) is 9.47 Å². The number of hydrogen-bond acceptors (Lipinski definition) is 5. The van der Waals surface area contributed by atoms with Crippen LogP contribution in [0.4, 0.5) is 15.8 Å². The molecule has 6 nitrogen and oxygen atoms in total. The standard InChI is InChI=1S/C14H21FN2O4/c1-3-20-7-5-16(6-8-21-4-2)13-9-12(15)10-14(11-13)17(18)19/h9-11H,3-8H2,1-2H3. The smallest absolute Gasteiger partial charge is 0.274 e. The molecule has 118 valence electrons. The van der Waals surface area contributed by atoms with Crippen molar-refractivity contribution >= 4 is 11.4 Å². The molecule has 1 aromatic rings. The largest absolute Gasteiger partial charge is 0.380 e. The first kappa shape index (κ1) is 17.3. The lowest BCUT2D eigenvalue weighted by Crippen LogP contribution is -2.31. The number of nitro groups is 1. The highest BCUT2D eigenvalue weighted by Gasteiger charge is 2.14. The van der Waals surface area contributed by atoms with Gasteiger partial charge in [0, 0.05) is 38.1 Å². The summed E-state index contributed by atoms with van der Waals surface area (Å²) in [6, 6.07) is 3.55. The highest BCUT2D eigenvalue weighted by Crippen LogP contribution is 2.23. The van der Waals surface area contributed by atoms with Crippen LogP contribution in [0, 0.1) is 15.9 Å². The van der Waals surface area contributed by atoms with Crippen molar-refractivity contribution in [1.29, 1.82) is 0 Å². The van der Waals surface area contributed by atoms with Gasteiger partial charge in [-0.25, -0.2) is 4.39 Å². The molecule has 0 heterocycles. The van der Waals surface area contributed by atoms with E-state index in [1.807, 2.05) is 18.7 Å². The van der Waals surface area contributed by atoms with Crippen LogP contribution in [0.3, 0.4) is 0 Å². The zero-order chi connectivity index (χ0) is 15.7. The Morgan fingerprint density at radius 1 is 1.14 bits per heavy atom. The third kappa shape index (κ3) is 6.05. The van der Waals surface area contributed by atoms with Crippen molar-refractivity contribution in [3.63, 3.8) is 0 Å². The van der Waals surface area contributed by atoms with Gasteiger partial charge in [0.25, 0.3) is 5.69 Å². The quantitative estimate of drug-likeness (QED) is 0.377. The number of nitrogens with zero attached hydrogens (tertiary/aromatic N) is 2. The summed E-state index contributed by atoms with van der Waals surface area (Å²) in [6.45, 7) is 6.91. The van der Waals surface area contributed by atoms with E-state index in [1.54, 1.807) is 0 Å². The molecule has 0 amide bonds. The summed E-state index contributed by atoms with van der Waals surface area (Å²) in [5, 5.41) is 10.8. The second-order valence-electron chi connectivity index (χ2n) is 4.31. The van der Waals surface area contributed by atoms with Crippen LogP contribution in [0.15, 0.2) is 18.2 Å². The van der Waals surface area contributed by atoms with E-state index in [1.165, 1.54) is 12.1 Å². The van der Waals surface area contributed by atoms with Gasteiger partial charge in [0.2, 0.25) is 0 Å². The molecule has 7 heteroatoms. The van der Waals surface area contributed by atoms with Gasteiger partial charge in [-0.05, 0) is 19.9 Å². The molecule has 0 bridgehead atoms. The summed E-state index contributed by atoms with van der Waals surface area (Å²) >= 11 is 0. The third-order valence-corrected chi connectivity index (χ3v) is 2.86. The first-order valence-electron chi connectivity index (χ1n) is 6.93.